The molecule has 12 nitrogen and oxygen atoms in total. The molecule has 2 saturated heterocycles. The lowest BCUT2D eigenvalue weighted by molar-refractivity contribution is -0.0583. The lowest BCUT2D eigenvalue weighted by atomic mass is 10.1. The fraction of sp³-hybridized carbons (Fsp3) is 0.208. The van der Waals surface area contributed by atoms with Crippen molar-refractivity contribution in [3.8, 4) is 11.3 Å². The highest BCUT2D eigenvalue weighted by atomic mass is 32.2. The Bertz CT molecular complexity index is 1770. The Labute approximate surface area is 219 Å². The zero-order valence-corrected chi connectivity index (χ0v) is 21.4. The number of nitrogens with one attached hydrogen (secondary N) is 1. The first-order valence-corrected chi connectivity index (χ1v) is 13.8. The second-order valence-corrected chi connectivity index (χ2v) is 11.0. The summed E-state index contributed by atoms with van der Waals surface area (Å²) in [5, 5.41) is 11.5. The standard InChI is InChI=1S/C24H21N6O6PS/c25-13-8-4-5-9-16(13)38-24-27-17-20(30(24)22-18(31)19-15(35-22)11-34-37(33)36-19)28-23-26-14(10-29(23)21(17)32)12-6-2-1-3-7-12/h1-10,15,18-19,22,31,37H,11,25H2,(H,26,28)/t15?,18?,19-,22-/m1/s1. The monoisotopic (exact) mass is 552 g/mol. The zero-order chi connectivity index (χ0) is 26.0. The highest BCUT2D eigenvalue weighted by molar-refractivity contribution is 7.99. The molecule has 2 aliphatic heterocycles. The van der Waals surface area contributed by atoms with E-state index in [0.717, 1.165) is 5.56 Å². The molecule has 14 heteroatoms. The van der Waals surface area contributed by atoms with Gasteiger partial charge in [-0.15, -0.1) is 0 Å². The lowest BCUT2D eigenvalue weighted by Gasteiger charge is -2.24. The van der Waals surface area contributed by atoms with E-state index in [1.807, 2.05) is 48.5 Å². The van der Waals surface area contributed by atoms with Gasteiger partial charge in [-0.2, -0.15) is 4.98 Å². The van der Waals surface area contributed by atoms with Gasteiger partial charge in [0, 0.05) is 16.8 Å². The van der Waals surface area contributed by atoms with E-state index in [4.69, 9.17) is 24.5 Å². The number of nitrogens with two attached hydrogens (primary N) is 1. The zero-order valence-electron chi connectivity index (χ0n) is 19.6. The van der Waals surface area contributed by atoms with Gasteiger partial charge in [-0.25, -0.2) is 9.38 Å². The van der Waals surface area contributed by atoms with Crippen LogP contribution in [0.2, 0.25) is 0 Å². The van der Waals surface area contributed by atoms with Gasteiger partial charge in [0.1, 0.15) is 18.3 Å². The number of aliphatic hydroxyl groups is 1. The van der Waals surface area contributed by atoms with Gasteiger partial charge in [-0.05, 0) is 29.5 Å². The van der Waals surface area contributed by atoms with Crippen LogP contribution in [0.1, 0.15) is 6.23 Å². The van der Waals surface area contributed by atoms with Crippen molar-refractivity contribution >= 4 is 42.6 Å². The van der Waals surface area contributed by atoms with Crippen LogP contribution in [-0.2, 0) is 18.3 Å². The number of hydrogen-bond acceptors (Lipinski definition) is 10. The molecule has 3 unspecified atom stereocenters. The number of hydrogen-bond donors (Lipinski definition) is 3. The summed E-state index contributed by atoms with van der Waals surface area (Å²) in [6.07, 6.45) is -2.09. The highest BCUT2D eigenvalue weighted by Gasteiger charge is 2.50. The van der Waals surface area contributed by atoms with E-state index >= 15 is 0 Å². The Morgan fingerprint density at radius 2 is 1.92 bits per heavy atom. The number of anilines is 1. The van der Waals surface area contributed by atoms with Crippen molar-refractivity contribution in [2.24, 2.45) is 0 Å². The molecule has 5 aromatic rings. The third kappa shape index (κ3) is 3.78. The van der Waals surface area contributed by atoms with Gasteiger partial charge in [0.25, 0.3) is 5.56 Å². The molecule has 0 spiro atoms. The number of para-hydroxylation sites is 1. The third-order valence-corrected chi connectivity index (χ3v) is 8.52. The van der Waals surface area contributed by atoms with Crippen molar-refractivity contribution in [2.45, 2.75) is 34.6 Å². The summed E-state index contributed by atoms with van der Waals surface area (Å²) >= 11 is 1.22. The maximum absolute atomic E-state index is 13.6. The number of fused-ring (bicyclic) bond motifs is 3. The molecule has 0 amide bonds. The average Bonchev–Trinajstić information content (AvgIpc) is 3.60. The van der Waals surface area contributed by atoms with Crippen molar-refractivity contribution in [2.75, 3.05) is 12.3 Å². The summed E-state index contributed by atoms with van der Waals surface area (Å²) in [6.45, 7) is 0.00809. The molecule has 2 aromatic carbocycles. The van der Waals surface area contributed by atoms with Crippen molar-refractivity contribution in [3.63, 3.8) is 0 Å². The van der Waals surface area contributed by atoms with Crippen molar-refractivity contribution in [3.05, 3.63) is 71.1 Å². The Morgan fingerprint density at radius 1 is 1.13 bits per heavy atom. The summed E-state index contributed by atoms with van der Waals surface area (Å²) in [5.41, 5.74) is 8.22. The number of aliphatic hydroxyl groups excluding tert-OH is 1. The Hall–Kier alpha value is -3.45. The maximum atomic E-state index is 13.6. The van der Waals surface area contributed by atoms with Crippen LogP contribution in [0, 0.1) is 0 Å². The number of benzene rings is 2. The quantitative estimate of drug-likeness (QED) is 0.224. The highest BCUT2D eigenvalue weighted by Crippen LogP contribution is 2.45. The second kappa shape index (κ2) is 9.09. The van der Waals surface area contributed by atoms with Crippen LogP contribution in [0.5, 0.6) is 0 Å². The van der Waals surface area contributed by atoms with Crippen LogP contribution in [0.4, 0.5) is 5.69 Å². The van der Waals surface area contributed by atoms with Crippen LogP contribution in [0.15, 0.2) is 75.6 Å². The largest absolute Gasteiger partial charge is 0.398 e. The number of nitrogen functional groups attached to an aromatic ring is 1. The molecule has 3 aromatic heterocycles. The van der Waals surface area contributed by atoms with Crippen LogP contribution >= 0.6 is 20.0 Å². The molecule has 0 radical (unpaired) electrons. The number of aromatic amines is 1. The minimum atomic E-state index is -2.74. The van der Waals surface area contributed by atoms with Gasteiger partial charge in [0.2, 0.25) is 5.78 Å². The van der Waals surface area contributed by atoms with E-state index in [0.29, 0.717) is 27.2 Å². The first kappa shape index (κ1) is 23.7. The third-order valence-electron chi connectivity index (χ3n) is 6.59. The maximum Gasteiger partial charge on any atom is 0.319 e. The molecule has 0 bridgehead atoms. The van der Waals surface area contributed by atoms with Crippen molar-refractivity contribution < 1.29 is 23.5 Å². The first-order chi connectivity index (χ1) is 18.5. The molecule has 5 atom stereocenters. The fourth-order valence-corrected chi connectivity index (χ4v) is 6.59. The van der Waals surface area contributed by atoms with Crippen LogP contribution < -0.4 is 11.3 Å². The molecule has 0 saturated carbocycles. The van der Waals surface area contributed by atoms with E-state index in [1.54, 1.807) is 16.8 Å². The summed E-state index contributed by atoms with van der Waals surface area (Å²) in [7, 11) is -2.74. The van der Waals surface area contributed by atoms with Crippen LogP contribution in [0.25, 0.3) is 28.2 Å². The number of ether oxygens (including phenoxy) is 1. The van der Waals surface area contributed by atoms with Crippen molar-refractivity contribution in [1.29, 1.82) is 0 Å². The summed E-state index contributed by atoms with van der Waals surface area (Å²) in [4.78, 5) is 26.9. The molecule has 7 rings (SSSR count). The molecule has 4 N–H and O–H groups in total. The Morgan fingerprint density at radius 3 is 2.74 bits per heavy atom. The summed E-state index contributed by atoms with van der Waals surface area (Å²) < 4.78 is 31.5. The predicted molar refractivity (Wildman–Crippen MR) is 139 cm³/mol. The van der Waals surface area contributed by atoms with Gasteiger partial charge in [-0.1, -0.05) is 42.5 Å². The number of aromatic nitrogens is 5. The number of imidazole rings is 2. The fourth-order valence-electron chi connectivity index (χ4n) is 4.75. The van der Waals surface area contributed by atoms with Crippen molar-refractivity contribution in [1.82, 2.24) is 23.9 Å². The Kier molecular flexibility index (Phi) is 5.65. The molecule has 194 valence electrons. The van der Waals surface area contributed by atoms with Crippen LogP contribution in [-0.4, -0.2) is 53.9 Å². The molecule has 5 heterocycles. The van der Waals surface area contributed by atoms with E-state index in [-0.39, 0.29) is 23.3 Å². The topological polar surface area (TPSA) is 159 Å². The van der Waals surface area contributed by atoms with E-state index in [2.05, 4.69) is 9.97 Å². The lowest BCUT2D eigenvalue weighted by Crippen LogP contribution is -2.37. The molecular formula is C24H21N6O6PS. The van der Waals surface area contributed by atoms with Gasteiger partial charge in [0.15, 0.2) is 22.5 Å². The molecule has 0 aliphatic carbocycles. The van der Waals surface area contributed by atoms with Gasteiger partial charge < -0.3 is 29.6 Å². The smallest absolute Gasteiger partial charge is 0.319 e. The van der Waals surface area contributed by atoms with Gasteiger partial charge >= 0.3 is 8.25 Å². The number of rotatable bonds is 4. The molecule has 38 heavy (non-hydrogen) atoms. The average molecular weight is 553 g/mol. The predicted octanol–water partition coefficient (Wildman–Crippen LogP) is 2.84. The first-order valence-electron chi connectivity index (χ1n) is 11.8. The number of H-pyrrole nitrogens is 1. The van der Waals surface area contributed by atoms with Gasteiger partial charge in [-0.3, -0.25) is 13.9 Å². The summed E-state index contributed by atoms with van der Waals surface area (Å²) in [6, 6.07) is 16.8. The van der Waals surface area contributed by atoms with E-state index < -0.39 is 32.8 Å². The SMILES string of the molecule is Nc1ccccc1Sc1nc2c(=O)n3cc(-c4ccccc4)[nH]c3nc2n1[C@@H]1OC2CO[PH](=O)O[C@H]2C1O. The molecular weight excluding hydrogens is 531 g/mol. The van der Waals surface area contributed by atoms with E-state index in [9.17, 15) is 14.5 Å². The minimum Gasteiger partial charge on any atom is -0.398 e. The normalized spacial score (nSPS) is 25.2. The second-order valence-electron chi connectivity index (χ2n) is 8.92. The Balaban J connectivity index is 1.42. The molecule has 2 aliphatic rings. The number of nitrogens with zero attached hydrogens (tertiary/aromatic N) is 4. The minimum absolute atomic E-state index is 0.00809. The summed E-state index contributed by atoms with van der Waals surface area (Å²) in [5.74, 6) is 0.299. The van der Waals surface area contributed by atoms with Crippen LogP contribution in [0.3, 0.4) is 0 Å². The molecule has 2 fully saturated rings. The van der Waals surface area contributed by atoms with E-state index in [1.165, 1.54) is 16.2 Å². The van der Waals surface area contributed by atoms with Gasteiger partial charge in [0.05, 0.1) is 12.3 Å².